The first-order valence-electron chi connectivity index (χ1n) is 7.80. The van der Waals surface area contributed by atoms with Gasteiger partial charge in [0, 0.05) is 6.54 Å². The maximum absolute atomic E-state index is 12.7. The Bertz CT molecular complexity index is 807. The topological polar surface area (TPSA) is 49.9 Å². The van der Waals surface area contributed by atoms with E-state index < -0.39 is 30.1 Å². The number of anilines is 1. The van der Waals surface area contributed by atoms with Gasteiger partial charge in [-0.15, -0.1) is 13.2 Å². The Morgan fingerprint density at radius 3 is 2.19 bits per heavy atom. The Morgan fingerprint density at radius 2 is 1.62 bits per heavy atom. The van der Waals surface area contributed by atoms with Crippen LogP contribution in [-0.2, 0) is 11.3 Å². The number of rotatable bonds is 4. The fraction of sp³-hybridized carbons (Fsp3) is 0.222. The van der Waals surface area contributed by atoms with Gasteiger partial charge in [-0.1, -0.05) is 30.3 Å². The molecule has 26 heavy (non-hydrogen) atoms. The summed E-state index contributed by atoms with van der Waals surface area (Å²) in [6, 6.07) is 12.6. The lowest BCUT2D eigenvalue weighted by molar-refractivity contribution is -0.274. The number of carbonyl (C=O) groups is 2. The van der Waals surface area contributed by atoms with Crippen molar-refractivity contribution in [1.82, 2.24) is 4.90 Å². The molecule has 0 spiro atoms. The molecular weight excluding hydrogens is 349 g/mol. The molecule has 0 saturated carbocycles. The highest BCUT2D eigenvalue weighted by molar-refractivity contribution is 6.21. The fourth-order valence-electron chi connectivity index (χ4n) is 2.73. The summed E-state index contributed by atoms with van der Waals surface area (Å²) in [5, 5.41) is 0. The van der Waals surface area contributed by atoms with Gasteiger partial charge >= 0.3 is 12.4 Å². The largest absolute Gasteiger partial charge is 0.573 e. The number of carbonyl (C=O) groups excluding carboxylic acids is 2. The van der Waals surface area contributed by atoms with Gasteiger partial charge in [-0.2, -0.15) is 0 Å². The summed E-state index contributed by atoms with van der Waals surface area (Å²) in [6.07, 6.45) is -4.80. The van der Waals surface area contributed by atoms with Gasteiger partial charge in [-0.25, -0.2) is 9.69 Å². The monoisotopic (exact) mass is 364 g/mol. The summed E-state index contributed by atoms with van der Waals surface area (Å²) in [5.74, 6) is -0.857. The standard InChI is InChI=1S/C18H15F3N2O3/c1-12-16(24)23(14-7-9-15(10-8-14)26-18(19,20)21)17(25)22(12)11-13-5-3-2-4-6-13/h2-10,12H,11H2,1H3/t12-/m0/s1. The molecule has 0 N–H and O–H groups in total. The zero-order chi connectivity index (χ0) is 18.9. The van der Waals surface area contributed by atoms with Crippen LogP contribution in [0.1, 0.15) is 12.5 Å². The van der Waals surface area contributed by atoms with E-state index in [1.807, 2.05) is 30.3 Å². The average molecular weight is 364 g/mol. The third-order valence-corrected chi connectivity index (χ3v) is 4.01. The first-order chi connectivity index (χ1) is 12.3. The Labute approximate surface area is 147 Å². The molecule has 1 aliphatic heterocycles. The zero-order valence-electron chi connectivity index (χ0n) is 13.7. The van der Waals surface area contributed by atoms with Gasteiger partial charge < -0.3 is 9.64 Å². The van der Waals surface area contributed by atoms with E-state index in [1.54, 1.807) is 6.92 Å². The van der Waals surface area contributed by atoms with Crippen LogP contribution >= 0.6 is 0 Å². The van der Waals surface area contributed by atoms with Crippen molar-refractivity contribution in [2.24, 2.45) is 0 Å². The molecule has 1 saturated heterocycles. The van der Waals surface area contributed by atoms with Crippen LogP contribution < -0.4 is 9.64 Å². The van der Waals surface area contributed by atoms with Crippen molar-refractivity contribution in [3.63, 3.8) is 0 Å². The molecule has 0 radical (unpaired) electrons. The van der Waals surface area contributed by atoms with Gasteiger partial charge in [0.05, 0.1) is 5.69 Å². The van der Waals surface area contributed by atoms with E-state index in [9.17, 15) is 22.8 Å². The number of halogens is 3. The van der Waals surface area contributed by atoms with Crippen LogP contribution in [-0.4, -0.2) is 29.2 Å². The van der Waals surface area contributed by atoms with Crippen LogP contribution in [0.2, 0.25) is 0 Å². The van der Waals surface area contributed by atoms with Gasteiger partial charge in [0.2, 0.25) is 0 Å². The number of amides is 3. The predicted octanol–water partition coefficient (Wildman–Crippen LogP) is 3.94. The van der Waals surface area contributed by atoms with E-state index in [0.717, 1.165) is 22.6 Å². The molecule has 136 valence electrons. The lowest BCUT2D eigenvalue weighted by Gasteiger charge is -2.19. The predicted molar refractivity (Wildman–Crippen MR) is 87.5 cm³/mol. The summed E-state index contributed by atoms with van der Waals surface area (Å²) >= 11 is 0. The van der Waals surface area contributed by atoms with E-state index >= 15 is 0 Å². The van der Waals surface area contributed by atoms with E-state index in [0.29, 0.717) is 0 Å². The minimum Gasteiger partial charge on any atom is -0.406 e. The number of ether oxygens (including phenoxy) is 1. The van der Waals surface area contributed by atoms with Crippen LogP contribution in [0.4, 0.5) is 23.7 Å². The first kappa shape index (κ1) is 17.8. The first-order valence-corrected chi connectivity index (χ1v) is 7.80. The number of urea groups is 1. The quantitative estimate of drug-likeness (QED) is 0.772. The van der Waals surface area contributed by atoms with Gasteiger partial charge in [-0.3, -0.25) is 4.79 Å². The molecule has 0 bridgehead atoms. The van der Waals surface area contributed by atoms with Crippen LogP contribution in [0.25, 0.3) is 0 Å². The number of nitrogens with zero attached hydrogens (tertiary/aromatic N) is 2. The number of alkyl halides is 3. The van der Waals surface area contributed by atoms with Gasteiger partial charge in [0.25, 0.3) is 5.91 Å². The third kappa shape index (κ3) is 3.63. The maximum Gasteiger partial charge on any atom is 0.573 e. The molecule has 2 aromatic carbocycles. The number of benzene rings is 2. The Hall–Kier alpha value is -3.03. The minimum absolute atomic E-state index is 0.192. The highest BCUT2D eigenvalue weighted by Gasteiger charge is 2.43. The zero-order valence-corrected chi connectivity index (χ0v) is 13.7. The van der Waals surface area contributed by atoms with E-state index in [4.69, 9.17) is 0 Å². The van der Waals surface area contributed by atoms with E-state index in [1.165, 1.54) is 17.0 Å². The van der Waals surface area contributed by atoms with Crippen molar-refractivity contribution in [3.05, 3.63) is 60.2 Å². The molecule has 1 aliphatic rings. The van der Waals surface area contributed by atoms with Gasteiger partial charge in [0.1, 0.15) is 11.8 Å². The second-order valence-electron chi connectivity index (χ2n) is 5.79. The molecule has 0 aliphatic carbocycles. The average Bonchev–Trinajstić information content (AvgIpc) is 2.79. The van der Waals surface area contributed by atoms with E-state index in [2.05, 4.69) is 4.74 Å². The number of hydrogen-bond donors (Lipinski definition) is 0. The molecule has 1 atom stereocenters. The normalized spacial score (nSPS) is 17.8. The lowest BCUT2D eigenvalue weighted by Crippen LogP contribution is -2.33. The summed E-state index contributed by atoms with van der Waals surface area (Å²) in [6.45, 7) is 1.88. The SMILES string of the molecule is C[C@H]1C(=O)N(c2ccc(OC(F)(F)F)cc2)C(=O)N1Cc1ccccc1. The molecular formula is C18H15F3N2O3. The second-order valence-corrected chi connectivity index (χ2v) is 5.79. The van der Waals surface area contributed by atoms with Crippen LogP contribution in [0.5, 0.6) is 5.75 Å². The number of imide groups is 1. The summed E-state index contributed by atoms with van der Waals surface area (Å²) in [4.78, 5) is 27.5. The fourth-order valence-corrected chi connectivity index (χ4v) is 2.73. The summed E-state index contributed by atoms with van der Waals surface area (Å²) in [5.41, 5.74) is 1.06. The minimum atomic E-state index is -4.80. The molecule has 2 aromatic rings. The molecule has 3 amide bonds. The highest BCUT2D eigenvalue weighted by Crippen LogP contribution is 2.29. The van der Waals surface area contributed by atoms with Gasteiger partial charge in [-0.05, 0) is 36.8 Å². The summed E-state index contributed by atoms with van der Waals surface area (Å²) < 4.78 is 40.5. The number of hydrogen-bond acceptors (Lipinski definition) is 3. The molecule has 1 fully saturated rings. The molecule has 3 rings (SSSR count). The smallest absolute Gasteiger partial charge is 0.406 e. The Kier molecular flexibility index (Phi) is 4.58. The van der Waals surface area contributed by atoms with Crippen molar-refractivity contribution in [2.45, 2.75) is 25.9 Å². The Balaban J connectivity index is 1.80. The molecule has 8 heteroatoms. The van der Waals surface area contributed by atoms with Crippen LogP contribution in [0.15, 0.2) is 54.6 Å². The van der Waals surface area contributed by atoms with Crippen molar-refractivity contribution in [3.8, 4) is 5.75 Å². The van der Waals surface area contributed by atoms with Crippen LogP contribution in [0, 0.1) is 0 Å². The lowest BCUT2D eigenvalue weighted by atomic mass is 10.2. The van der Waals surface area contributed by atoms with Crippen molar-refractivity contribution in [1.29, 1.82) is 0 Å². The molecule has 1 heterocycles. The molecule has 5 nitrogen and oxygen atoms in total. The van der Waals surface area contributed by atoms with Crippen molar-refractivity contribution in [2.75, 3.05) is 4.90 Å². The van der Waals surface area contributed by atoms with Gasteiger partial charge in [0.15, 0.2) is 0 Å². The van der Waals surface area contributed by atoms with Crippen molar-refractivity contribution < 1.29 is 27.5 Å². The van der Waals surface area contributed by atoms with Crippen molar-refractivity contribution >= 4 is 17.6 Å². The molecule has 0 aromatic heterocycles. The summed E-state index contributed by atoms with van der Waals surface area (Å²) in [7, 11) is 0. The molecule has 0 unspecified atom stereocenters. The Morgan fingerprint density at radius 1 is 1.00 bits per heavy atom. The third-order valence-electron chi connectivity index (χ3n) is 4.01. The second kappa shape index (κ2) is 6.70. The maximum atomic E-state index is 12.7. The van der Waals surface area contributed by atoms with E-state index in [-0.39, 0.29) is 12.2 Å². The highest BCUT2D eigenvalue weighted by atomic mass is 19.4. The van der Waals surface area contributed by atoms with Crippen LogP contribution in [0.3, 0.4) is 0 Å².